The smallest absolute Gasteiger partial charge is 0.323 e. The van der Waals surface area contributed by atoms with E-state index in [0.717, 1.165) is 11.0 Å². The van der Waals surface area contributed by atoms with Crippen molar-refractivity contribution in [3.63, 3.8) is 0 Å². The molecule has 0 radical (unpaired) electrons. The number of carbonyl (C=O) groups is 2. The normalized spacial score (nSPS) is 9.76. The number of nitrogens with zero attached hydrogens (tertiary/aromatic N) is 1. The van der Waals surface area contributed by atoms with Crippen molar-refractivity contribution in [3.05, 3.63) is 30.1 Å². The molecule has 0 spiro atoms. The van der Waals surface area contributed by atoms with Crippen molar-refractivity contribution in [2.24, 2.45) is 0 Å². The molecule has 0 aliphatic rings. The van der Waals surface area contributed by atoms with E-state index in [1.54, 1.807) is 6.92 Å². The van der Waals surface area contributed by atoms with Crippen LogP contribution in [0.2, 0.25) is 0 Å². The molecule has 0 saturated carbocycles. The van der Waals surface area contributed by atoms with Crippen molar-refractivity contribution < 1.29 is 19.1 Å². The van der Waals surface area contributed by atoms with Crippen LogP contribution in [0.1, 0.15) is 6.92 Å². The second kappa shape index (κ2) is 5.83. The third-order valence-electron chi connectivity index (χ3n) is 2.07. The van der Waals surface area contributed by atoms with Crippen LogP contribution in [0.4, 0.5) is 14.9 Å². The van der Waals surface area contributed by atoms with Gasteiger partial charge in [-0.1, -0.05) is 6.07 Å². The first-order valence-corrected chi connectivity index (χ1v) is 5.06. The zero-order valence-electron chi connectivity index (χ0n) is 9.31. The predicted octanol–water partition coefficient (Wildman–Crippen LogP) is 1.76. The van der Waals surface area contributed by atoms with Gasteiger partial charge in [0.1, 0.15) is 12.4 Å². The lowest BCUT2D eigenvalue weighted by molar-refractivity contribution is -0.137. The van der Waals surface area contributed by atoms with Crippen LogP contribution in [0, 0.1) is 5.82 Å². The average Bonchev–Trinajstić information content (AvgIpc) is 2.25. The van der Waals surface area contributed by atoms with Gasteiger partial charge in [-0.2, -0.15) is 0 Å². The van der Waals surface area contributed by atoms with Gasteiger partial charge >= 0.3 is 12.0 Å². The van der Waals surface area contributed by atoms with Crippen LogP contribution in [0.25, 0.3) is 0 Å². The van der Waals surface area contributed by atoms with Crippen molar-refractivity contribution >= 4 is 17.7 Å². The molecule has 1 aromatic carbocycles. The van der Waals surface area contributed by atoms with Crippen molar-refractivity contribution in [3.8, 4) is 0 Å². The molecule has 0 unspecified atom stereocenters. The average molecular weight is 240 g/mol. The van der Waals surface area contributed by atoms with Crippen LogP contribution in [0.5, 0.6) is 0 Å². The lowest BCUT2D eigenvalue weighted by atomic mass is 10.3. The summed E-state index contributed by atoms with van der Waals surface area (Å²) in [6.07, 6.45) is 0. The molecule has 0 heterocycles. The first-order valence-electron chi connectivity index (χ1n) is 5.06. The lowest BCUT2D eigenvalue weighted by Crippen LogP contribution is -2.38. The van der Waals surface area contributed by atoms with Gasteiger partial charge in [0.2, 0.25) is 0 Å². The second-order valence-electron chi connectivity index (χ2n) is 3.35. The van der Waals surface area contributed by atoms with Gasteiger partial charge in [0.15, 0.2) is 0 Å². The van der Waals surface area contributed by atoms with E-state index in [0.29, 0.717) is 5.69 Å². The lowest BCUT2D eigenvalue weighted by Gasteiger charge is -2.19. The fourth-order valence-corrected chi connectivity index (χ4v) is 1.26. The fourth-order valence-electron chi connectivity index (χ4n) is 1.26. The van der Waals surface area contributed by atoms with E-state index in [4.69, 9.17) is 5.11 Å². The number of urea groups is 1. The van der Waals surface area contributed by atoms with Crippen LogP contribution in [-0.2, 0) is 4.79 Å². The highest BCUT2D eigenvalue weighted by Crippen LogP contribution is 2.09. The highest BCUT2D eigenvalue weighted by Gasteiger charge is 2.14. The van der Waals surface area contributed by atoms with Gasteiger partial charge in [0, 0.05) is 12.2 Å². The van der Waals surface area contributed by atoms with Gasteiger partial charge < -0.3 is 15.3 Å². The number of nitrogens with one attached hydrogen (secondary N) is 1. The summed E-state index contributed by atoms with van der Waals surface area (Å²) in [6, 6.07) is 4.82. The molecule has 17 heavy (non-hydrogen) atoms. The fraction of sp³-hybridized carbons (Fsp3) is 0.273. The summed E-state index contributed by atoms with van der Waals surface area (Å²) in [5, 5.41) is 11.0. The molecule has 2 N–H and O–H groups in total. The highest BCUT2D eigenvalue weighted by atomic mass is 19.1. The van der Waals surface area contributed by atoms with E-state index < -0.39 is 24.4 Å². The van der Waals surface area contributed by atoms with Crippen LogP contribution < -0.4 is 5.32 Å². The number of hydrogen-bond acceptors (Lipinski definition) is 2. The minimum Gasteiger partial charge on any atom is -0.480 e. The quantitative estimate of drug-likeness (QED) is 0.842. The van der Waals surface area contributed by atoms with E-state index in [1.807, 2.05) is 0 Å². The summed E-state index contributed by atoms with van der Waals surface area (Å²) < 4.78 is 12.9. The Morgan fingerprint density at radius 1 is 1.47 bits per heavy atom. The Morgan fingerprint density at radius 2 is 2.18 bits per heavy atom. The predicted molar refractivity (Wildman–Crippen MR) is 60.3 cm³/mol. The van der Waals surface area contributed by atoms with E-state index >= 15 is 0 Å². The Labute approximate surface area is 97.8 Å². The van der Waals surface area contributed by atoms with Gasteiger partial charge in [-0.25, -0.2) is 9.18 Å². The number of anilines is 1. The number of likely N-dealkylation sites (N-methyl/N-ethyl adjacent to an activating group) is 1. The zero-order valence-corrected chi connectivity index (χ0v) is 9.31. The molecule has 92 valence electrons. The van der Waals surface area contributed by atoms with E-state index in [9.17, 15) is 14.0 Å². The Bertz CT molecular complexity index is 423. The number of carboxylic acid groups (broad SMARTS) is 1. The first kappa shape index (κ1) is 13.0. The SMILES string of the molecule is CCN(CC(=O)O)C(=O)Nc1cccc(F)c1. The molecule has 0 bridgehead atoms. The van der Waals surface area contributed by atoms with Gasteiger partial charge in [0.25, 0.3) is 0 Å². The third-order valence-corrected chi connectivity index (χ3v) is 2.07. The molecule has 0 aromatic heterocycles. The molecule has 0 saturated heterocycles. The van der Waals surface area contributed by atoms with Crippen LogP contribution >= 0.6 is 0 Å². The Morgan fingerprint density at radius 3 is 2.71 bits per heavy atom. The van der Waals surface area contributed by atoms with Crippen LogP contribution in [0.3, 0.4) is 0 Å². The van der Waals surface area contributed by atoms with Crippen molar-refractivity contribution in [2.75, 3.05) is 18.4 Å². The van der Waals surface area contributed by atoms with E-state index in [1.165, 1.54) is 18.2 Å². The summed E-state index contributed by atoms with van der Waals surface area (Å²) in [7, 11) is 0. The molecule has 0 aliphatic carbocycles. The molecule has 1 aromatic rings. The number of amides is 2. The molecule has 1 rings (SSSR count). The molecule has 0 atom stereocenters. The summed E-state index contributed by atoms with van der Waals surface area (Å²) in [5.41, 5.74) is 0.291. The number of aliphatic carboxylic acids is 1. The number of rotatable bonds is 4. The van der Waals surface area contributed by atoms with Crippen LogP contribution in [0.15, 0.2) is 24.3 Å². The van der Waals surface area contributed by atoms with Gasteiger partial charge in [0.05, 0.1) is 0 Å². The van der Waals surface area contributed by atoms with E-state index in [2.05, 4.69) is 5.32 Å². The summed E-state index contributed by atoms with van der Waals surface area (Å²) in [5.74, 6) is -1.56. The molecular weight excluding hydrogens is 227 g/mol. The zero-order chi connectivity index (χ0) is 12.8. The maximum Gasteiger partial charge on any atom is 0.323 e. The molecular formula is C11H13FN2O3. The molecule has 6 heteroatoms. The first-order chi connectivity index (χ1) is 8.02. The van der Waals surface area contributed by atoms with Crippen molar-refractivity contribution in [1.82, 2.24) is 4.90 Å². The topological polar surface area (TPSA) is 69.6 Å². The summed E-state index contributed by atoms with van der Waals surface area (Å²) in [6.45, 7) is 1.53. The van der Waals surface area contributed by atoms with E-state index in [-0.39, 0.29) is 6.54 Å². The minimum atomic E-state index is -1.10. The highest BCUT2D eigenvalue weighted by molar-refractivity contribution is 5.91. The monoisotopic (exact) mass is 240 g/mol. The number of carboxylic acids is 1. The minimum absolute atomic E-state index is 0.257. The number of halogens is 1. The maximum atomic E-state index is 12.9. The van der Waals surface area contributed by atoms with Gasteiger partial charge in [-0.3, -0.25) is 4.79 Å². The van der Waals surface area contributed by atoms with Crippen LogP contribution in [-0.4, -0.2) is 35.1 Å². The second-order valence-corrected chi connectivity index (χ2v) is 3.35. The maximum absolute atomic E-state index is 12.9. The molecule has 0 aliphatic heterocycles. The number of benzene rings is 1. The Balaban J connectivity index is 2.67. The summed E-state index contributed by atoms with van der Waals surface area (Å²) in [4.78, 5) is 23.2. The molecule has 5 nitrogen and oxygen atoms in total. The Hall–Kier alpha value is -2.11. The van der Waals surface area contributed by atoms with Crippen molar-refractivity contribution in [2.45, 2.75) is 6.92 Å². The largest absolute Gasteiger partial charge is 0.480 e. The Kier molecular flexibility index (Phi) is 4.45. The standard InChI is InChI=1S/C11H13FN2O3/c1-2-14(7-10(15)16)11(17)13-9-5-3-4-8(12)6-9/h3-6H,2,7H2,1H3,(H,13,17)(H,15,16). The molecule has 0 fully saturated rings. The van der Waals surface area contributed by atoms with Gasteiger partial charge in [-0.05, 0) is 25.1 Å². The van der Waals surface area contributed by atoms with Crippen molar-refractivity contribution in [1.29, 1.82) is 0 Å². The third kappa shape index (κ3) is 4.10. The van der Waals surface area contributed by atoms with Gasteiger partial charge in [-0.15, -0.1) is 0 Å². The number of hydrogen-bond donors (Lipinski definition) is 2. The molecule has 2 amide bonds. The number of carbonyl (C=O) groups excluding carboxylic acids is 1. The summed E-state index contributed by atoms with van der Waals surface area (Å²) >= 11 is 0.